The van der Waals surface area contributed by atoms with Crippen LogP contribution >= 0.6 is 0 Å². The van der Waals surface area contributed by atoms with Crippen LogP contribution in [-0.2, 0) is 0 Å². The molecule has 84 valence electrons. The zero-order chi connectivity index (χ0) is 11.4. The molecule has 0 aromatic heterocycles. The van der Waals surface area contributed by atoms with Gasteiger partial charge in [0.25, 0.3) is 0 Å². The van der Waals surface area contributed by atoms with Gasteiger partial charge < -0.3 is 15.3 Å². The lowest BCUT2D eigenvalue weighted by molar-refractivity contribution is -0.00645. The summed E-state index contributed by atoms with van der Waals surface area (Å²) in [6, 6.07) is 0. The van der Waals surface area contributed by atoms with Gasteiger partial charge in [-0.3, -0.25) is 0 Å². The van der Waals surface area contributed by atoms with Crippen molar-refractivity contribution in [3.05, 3.63) is 12.7 Å². The minimum absolute atomic E-state index is 0.0357. The van der Waals surface area contributed by atoms with Crippen LogP contribution in [-0.4, -0.2) is 33.1 Å². The van der Waals surface area contributed by atoms with Gasteiger partial charge in [-0.25, -0.2) is 0 Å². The first-order valence-corrected chi connectivity index (χ1v) is 4.97. The van der Waals surface area contributed by atoms with Gasteiger partial charge in [-0.2, -0.15) is 0 Å². The highest BCUT2D eigenvalue weighted by Gasteiger charge is 2.22. The zero-order valence-corrected chi connectivity index (χ0v) is 9.27. The fraction of sp³-hybridized carbons (Fsp3) is 0.818. The first-order valence-electron chi connectivity index (χ1n) is 4.97. The third kappa shape index (κ3) is 6.13. The van der Waals surface area contributed by atoms with E-state index in [1.807, 2.05) is 6.92 Å². The monoisotopic (exact) mass is 202 g/mol. The van der Waals surface area contributed by atoms with E-state index in [2.05, 4.69) is 6.58 Å². The molecule has 0 rings (SSSR count). The number of aliphatic hydroxyl groups is 3. The van der Waals surface area contributed by atoms with Gasteiger partial charge in [0.2, 0.25) is 0 Å². The first kappa shape index (κ1) is 13.6. The van der Waals surface area contributed by atoms with Crippen LogP contribution in [0.25, 0.3) is 0 Å². The molecule has 0 amide bonds. The van der Waals surface area contributed by atoms with Crippen molar-refractivity contribution >= 4 is 0 Å². The lowest BCUT2D eigenvalue weighted by Crippen LogP contribution is -2.30. The van der Waals surface area contributed by atoms with Crippen LogP contribution in [0.5, 0.6) is 0 Å². The lowest BCUT2D eigenvalue weighted by Gasteiger charge is -2.24. The summed E-state index contributed by atoms with van der Waals surface area (Å²) in [6.07, 6.45) is 0.935. The molecule has 0 saturated carbocycles. The average molecular weight is 202 g/mol. The van der Waals surface area contributed by atoms with Crippen molar-refractivity contribution in [3.8, 4) is 0 Å². The van der Waals surface area contributed by atoms with Gasteiger partial charge in [0.15, 0.2) is 0 Å². The molecule has 3 N–H and O–H groups in total. The van der Waals surface area contributed by atoms with E-state index in [-0.39, 0.29) is 18.8 Å². The molecule has 0 spiro atoms. The summed E-state index contributed by atoms with van der Waals surface area (Å²) in [5.74, 6) is -0.0357. The summed E-state index contributed by atoms with van der Waals surface area (Å²) in [4.78, 5) is 0. The second kappa shape index (κ2) is 5.49. The molecule has 3 nitrogen and oxygen atoms in total. The summed E-state index contributed by atoms with van der Waals surface area (Å²) >= 11 is 0. The number of rotatable bonds is 6. The molecule has 0 aromatic rings. The van der Waals surface area contributed by atoms with Crippen molar-refractivity contribution in [1.29, 1.82) is 0 Å². The molecule has 3 heteroatoms. The minimum atomic E-state index is -0.892. The Morgan fingerprint density at radius 2 is 1.86 bits per heavy atom. The number of aliphatic hydroxyl groups excluding tert-OH is 2. The van der Waals surface area contributed by atoms with Crippen LogP contribution in [0.4, 0.5) is 0 Å². The highest BCUT2D eigenvalue weighted by Crippen LogP contribution is 2.17. The molecule has 0 aliphatic heterocycles. The van der Waals surface area contributed by atoms with Crippen LogP contribution in [0.2, 0.25) is 0 Å². The molecular weight excluding hydrogens is 180 g/mol. The van der Waals surface area contributed by atoms with Crippen molar-refractivity contribution in [1.82, 2.24) is 0 Å². The normalized spacial score (nSPS) is 18.7. The highest BCUT2D eigenvalue weighted by molar-refractivity contribution is 4.83. The van der Waals surface area contributed by atoms with E-state index in [0.717, 1.165) is 0 Å². The maximum absolute atomic E-state index is 9.57. The Hall–Kier alpha value is -0.380. The summed E-state index contributed by atoms with van der Waals surface area (Å²) in [7, 11) is 0. The van der Waals surface area contributed by atoms with E-state index in [1.165, 1.54) is 0 Å². The summed E-state index contributed by atoms with van der Waals surface area (Å²) in [5.41, 5.74) is -0.892. The van der Waals surface area contributed by atoms with Crippen molar-refractivity contribution in [2.75, 3.05) is 0 Å². The van der Waals surface area contributed by atoms with Gasteiger partial charge >= 0.3 is 0 Å². The van der Waals surface area contributed by atoms with Crippen LogP contribution in [0.3, 0.4) is 0 Å². The Morgan fingerprint density at radius 3 is 2.21 bits per heavy atom. The van der Waals surface area contributed by atoms with Crippen molar-refractivity contribution in [3.63, 3.8) is 0 Å². The quantitative estimate of drug-likeness (QED) is 0.565. The Labute approximate surface area is 86.1 Å². The van der Waals surface area contributed by atoms with Crippen molar-refractivity contribution < 1.29 is 15.3 Å². The SMILES string of the molecule is C=C[C@H](C)[C@H](O)C[C@@H](O)CC(C)(C)O. The largest absolute Gasteiger partial charge is 0.393 e. The molecular formula is C11H22O3. The van der Waals surface area contributed by atoms with E-state index < -0.39 is 17.8 Å². The molecule has 0 aliphatic rings. The second-order valence-corrected chi connectivity index (χ2v) is 4.57. The molecule has 0 aliphatic carbocycles. The molecule has 0 saturated heterocycles. The Kier molecular flexibility index (Phi) is 5.34. The second-order valence-electron chi connectivity index (χ2n) is 4.57. The van der Waals surface area contributed by atoms with Crippen LogP contribution < -0.4 is 0 Å². The molecule has 0 aromatic carbocycles. The van der Waals surface area contributed by atoms with Crippen LogP contribution in [0.15, 0.2) is 12.7 Å². The Morgan fingerprint density at radius 1 is 1.36 bits per heavy atom. The minimum Gasteiger partial charge on any atom is -0.393 e. The number of hydrogen-bond acceptors (Lipinski definition) is 3. The molecule has 0 heterocycles. The van der Waals surface area contributed by atoms with Gasteiger partial charge in [-0.15, -0.1) is 6.58 Å². The van der Waals surface area contributed by atoms with Gasteiger partial charge in [-0.05, 0) is 26.2 Å². The molecule has 0 bridgehead atoms. The van der Waals surface area contributed by atoms with Crippen LogP contribution in [0, 0.1) is 5.92 Å². The van der Waals surface area contributed by atoms with E-state index in [9.17, 15) is 15.3 Å². The van der Waals surface area contributed by atoms with E-state index in [4.69, 9.17) is 0 Å². The zero-order valence-electron chi connectivity index (χ0n) is 9.27. The molecule has 14 heavy (non-hydrogen) atoms. The first-order chi connectivity index (χ1) is 6.26. The molecule has 0 fully saturated rings. The highest BCUT2D eigenvalue weighted by atomic mass is 16.3. The predicted molar refractivity (Wildman–Crippen MR) is 56.9 cm³/mol. The van der Waals surface area contributed by atoms with E-state index in [1.54, 1.807) is 19.9 Å². The van der Waals surface area contributed by atoms with E-state index >= 15 is 0 Å². The maximum atomic E-state index is 9.57. The smallest absolute Gasteiger partial charge is 0.0624 e. The number of hydrogen-bond donors (Lipinski definition) is 3. The van der Waals surface area contributed by atoms with Gasteiger partial charge in [-0.1, -0.05) is 13.0 Å². The summed E-state index contributed by atoms with van der Waals surface area (Å²) < 4.78 is 0. The molecule has 0 unspecified atom stereocenters. The Bertz CT molecular complexity index is 172. The third-order valence-corrected chi connectivity index (χ3v) is 2.23. The average Bonchev–Trinajstić information content (AvgIpc) is 1.99. The van der Waals surface area contributed by atoms with Gasteiger partial charge in [0, 0.05) is 6.42 Å². The third-order valence-electron chi connectivity index (χ3n) is 2.23. The summed E-state index contributed by atoms with van der Waals surface area (Å²) in [5, 5.41) is 28.6. The topological polar surface area (TPSA) is 60.7 Å². The van der Waals surface area contributed by atoms with E-state index in [0.29, 0.717) is 0 Å². The summed E-state index contributed by atoms with van der Waals surface area (Å²) in [6.45, 7) is 8.69. The standard InChI is InChI=1S/C11H22O3/c1-5-8(2)10(13)6-9(12)7-11(3,4)14/h5,8-10,12-14H,1,6-7H2,2-4H3/t8-,9+,10+/m0/s1. The predicted octanol–water partition coefficient (Wildman–Crippen LogP) is 1.08. The van der Waals surface area contributed by atoms with Gasteiger partial charge in [0.05, 0.1) is 17.8 Å². The fourth-order valence-corrected chi connectivity index (χ4v) is 1.31. The van der Waals surface area contributed by atoms with Crippen molar-refractivity contribution in [2.24, 2.45) is 5.92 Å². The molecule has 3 atom stereocenters. The van der Waals surface area contributed by atoms with Crippen molar-refractivity contribution in [2.45, 2.75) is 51.4 Å². The van der Waals surface area contributed by atoms with Crippen LogP contribution in [0.1, 0.15) is 33.6 Å². The van der Waals surface area contributed by atoms with Gasteiger partial charge in [0.1, 0.15) is 0 Å². The fourth-order valence-electron chi connectivity index (χ4n) is 1.31. The Balaban J connectivity index is 3.94. The maximum Gasteiger partial charge on any atom is 0.0624 e. The lowest BCUT2D eigenvalue weighted by atomic mass is 9.93. The molecule has 0 radical (unpaired) electrons.